The minimum absolute atomic E-state index is 0.0488. The number of nitrogens with zero attached hydrogens (tertiary/aromatic N) is 2. The zero-order valence-corrected chi connectivity index (χ0v) is 16.9. The van der Waals surface area contributed by atoms with Crippen molar-refractivity contribution in [2.75, 3.05) is 33.3 Å². The molecule has 4 heterocycles. The van der Waals surface area contributed by atoms with Crippen LogP contribution in [0, 0.1) is 11.8 Å². The van der Waals surface area contributed by atoms with E-state index in [1.807, 2.05) is 36.4 Å². The smallest absolute Gasteiger partial charge is 0.230 e. The summed E-state index contributed by atoms with van der Waals surface area (Å²) < 4.78 is 11.5. The van der Waals surface area contributed by atoms with Crippen molar-refractivity contribution in [2.45, 2.75) is 24.7 Å². The van der Waals surface area contributed by atoms with Crippen LogP contribution in [0.1, 0.15) is 12.0 Å². The molecule has 0 saturated carbocycles. The van der Waals surface area contributed by atoms with Gasteiger partial charge in [0, 0.05) is 32.6 Å². The average Bonchev–Trinajstić information content (AvgIpc) is 3.32. The summed E-state index contributed by atoms with van der Waals surface area (Å²) in [5, 5.41) is 2.79. The van der Waals surface area contributed by atoms with E-state index in [-0.39, 0.29) is 30.2 Å². The van der Waals surface area contributed by atoms with Gasteiger partial charge < -0.3 is 24.6 Å². The van der Waals surface area contributed by atoms with E-state index in [0.717, 1.165) is 11.3 Å². The number of nitrogens with one attached hydrogen (secondary N) is 1. The predicted octanol–water partition coefficient (Wildman–Crippen LogP) is 0.326. The highest BCUT2D eigenvalue weighted by molar-refractivity contribution is 5.93. The van der Waals surface area contributed by atoms with Gasteiger partial charge in [-0.3, -0.25) is 14.4 Å². The van der Waals surface area contributed by atoms with Crippen LogP contribution in [-0.2, 0) is 25.7 Å². The lowest BCUT2D eigenvalue weighted by Crippen LogP contribution is -2.47. The Morgan fingerprint density at radius 3 is 3.03 bits per heavy atom. The minimum Gasteiger partial charge on any atom is -0.497 e. The highest BCUT2D eigenvalue weighted by Crippen LogP contribution is 2.52. The predicted molar refractivity (Wildman–Crippen MR) is 106 cm³/mol. The number of benzene rings is 1. The Morgan fingerprint density at radius 2 is 2.20 bits per heavy atom. The fourth-order valence-corrected chi connectivity index (χ4v) is 5.18. The van der Waals surface area contributed by atoms with Crippen LogP contribution in [0.15, 0.2) is 36.4 Å². The summed E-state index contributed by atoms with van der Waals surface area (Å²) in [4.78, 5) is 41.9. The summed E-state index contributed by atoms with van der Waals surface area (Å²) in [6.45, 7) is 2.14. The van der Waals surface area contributed by atoms with Crippen molar-refractivity contribution in [3.8, 4) is 5.75 Å². The number of amides is 3. The molecule has 1 aromatic rings. The fourth-order valence-electron chi connectivity index (χ4n) is 5.18. The fraction of sp³-hybridized carbons (Fsp3) is 0.500. The Balaban J connectivity index is 1.37. The second-order valence-corrected chi connectivity index (χ2v) is 8.37. The maximum atomic E-state index is 13.4. The van der Waals surface area contributed by atoms with Crippen LogP contribution in [0.5, 0.6) is 5.75 Å². The number of methoxy groups -OCH3 is 1. The van der Waals surface area contributed by atoms with Gasteiger partial charge in [-0.2, -0.15) is 0 Å². The Morgan fingerprint density at radius 1 is 1.33 bits per heavy atom. The molecule has 158 valence electrons. The standard InChI is InChI=1S/C22H25N3O5/c1-29-15-4-2-3-14(11-15)12-25-13-22-7-5-16(30-22)18(19(22)21(25)28)20(27)24-9-6-17(26)23-8-10-24/h2-5,7,11,16,18-19H,6,8-10,12-13H2,1H3,(H,23,26)/t16-,18-,19-,22-/m0/s1. The number of hydrogen-bond donors (Lipinski definition) is 1. The van der Waals surface area contributed by atoms with Gasteiger partial charge >= 0.3 is 0 Å². The van der Waals surface area contributed by atoms with E-state index in [1.165, 1.54) is 0 Å². The monoisotopic (exact) mass is 411 g/mol. The largest absolute Gasteiger partial charge is 0.497 e. The number of carbonyl (C=O) groups excluding carboxylic acids is 3. The molecule has 3 saturated heterocycles. The quantitative estimate of drug-likeness (QED) is 0.722. The van der Waals surface area contributed by atoms with Crippen LogP contribution in [0.3, 0.4) is 0 Å². The Kier molecular flexibility index (Phi) is 4.54. The van der Waals surface area contributed by atoms with Gasteiger partial charge in [0.15, 0.2) is 0 Å². The molecule has 4 aliphatic rings. The lowest BCUT2D eigenvalue weighted by molar-refractivity contribution is -0.143. The third-order valence-corrected chi connectivity index (χ3v) is 6.60. The Bertz CT molecular complexity index is 931. The van der Waals surface area contributed by atoms with E-state index in [2.05, 4.69) is 5.32 Å². The zero-order chi connectivity index (χ0) is 20.9. The highest BCUT2D eigenvalue weighted by atomic mass is 16.5. The summed E-state index contributed by atoms with van der Waals surface area (Å²) >= 11 is 0. The third-order valence-electron chi connectivity index (χ3n) is 6.60. The van der Waals surface area contributed by atoms with Crippen LogP contribution in [0.25, 0.3) is 0 Å². The molecule has 3 amide bonds. The third kappa shape index (κ3) is 2.98. The molecule has 4 atom stereocenters. The zero-order valence-electron chi connectivity index (χ0n) is 16.9. The molecule has 5 rings (SSSR count). The minimum atomic E-state index is -0.735. The van der Waals surface area contributed by atoms with E-state index in [4.69, 9.17) is 9.47 Å². The summed E-state index contributed by atoms with van der Waals surface area (Å²) in [6, 6.07) is 7.64. The molecule has 4 aliphatic heterocycles. The number of likely N-dealkylation sites (tertiary alicyclic amines) is 1. The van der Waals surface area contributed by atoms with Crippen molar-refractivity contribution in [2.24, 2.45) is 11.8 Å². The van der Waals surface area contributed by atoms with Crippen molar-refractivity contribution in [3.63, 3.8) is 0 Å². The van der Waals surface area contributed by atoms with Crippen molar-refractivity contribution in [3.05, 3.63) is 42.0 Å². The average molecular weight is 411 g/mol. The summed E-state index contributed by atoms with van der Waals surface area (Å²) in [5.74, 6) is -0.501. The van der Waals surface area contributed by atoms with Crippen molar-refractivity contribution < 1.29 is 23.9 Å². The molecular formula is C22H25N3O5. The van der Waals surface area contributed by atoms with Gasteiger partial charge in [-0.05, 0) is 17.7 Å². The first-order valence-electron chi connectivity index (χ1n) is 10.4. The molecule has 3 fully saturated rings. The number of carbonyl (C=O) groups is 3. The van der Waals surface area contributed by atoms with E-state index in [1.54, 1.807) is 16.9 Å². The van der Waals surface area contributed by atoms with Crippen LogP contribution < -0.4 is 10.1 Å². The molecule has 0 unspecified atom stereocenters. The van der Waals surface area contributed by atoms with E-state index in [0.29, 0.717) is 32.7 Å². The Labute approximate surface area is 174 Å². The lowest BCUT2D eigenvalue weighted by Gasteiger charge is -2.29. The molecule has 1 spiro atoms. The van der Waals surface area contributed by atoms with Gasteiger partial charge in [-0.1, -0.05) is 24.3 Å². The van der Waals surface area contributed by atoms with Crippen LogP contribution in [-0.4, -0.2) is 72.5 Å². The first-order chi connectivity index (χ1) is 14.5. The van der Waals surface area contributed by atoms with E-state index >= 15 is 0 Å². The first-order valence-corrected chi connectivity index (χ1v) is 10.4. The normalized spacial score (nSPS) is 32.2. The van der Waals surface area contributed by atoms with Gasteiger partial charge in [-0.15, -0.1) is 0 Å². The second-order valence-electron chi connectivity index (χ2n) is 8.37. The first kappa shape index (κ1) is 19.1. The molecule has 8 nitrogen and oxygen atoms in total. The summed E-state index contributed by atoms with van der Waals surface area (Å²) in [7, 11) is 1.61. The van der Waals surface area contributed by atoms with Gasteiger partial charge in [0.1, 0.15) is 11.4 Å². The van der Waals surface area contributed by atoms with Gasteiger partial charge in [0.25, 0.3) is 0 Å². The molecule has 2 bridgehead atoms. The van der Waals surface area contributed by atoms with Gasteiger partial charge in [0.05, 0.1) is 31.6 Å². The SMILES string of the molecule is COc1cccc(CN2C[C@]34C=C[C@H](O3)[C@H](C(=O)N3CCNC(=O)CC3)[C@H]4C2=O)c1. The molecule has 1 N–H and O–H groups in total. The Hall–Kier alpha value is -2.87. The number of rotatable bonds is 4. The molecule has 8 heteroatoms. The molecule has 0 aliphatic carbocycles. The van der Waals surface area contributed by atoms with Crippen LogP contribution in [0.4, 0.5) is 0 Å². The topological polar surface area (TPSA) is 88.2 Å². The van der Waals surface area contributed by atoms with Crippen molar-refractivity contribution in [1.82, 2.24) is 15.1 Å². The van der Waals surface area contributed by atoms with Gasteiger partial charge in [0.2, 0.25) is 17.7 Å². The summed E-state index contributed by atoms with van der Waals surface area (Å²) in [5.41, 5.74) is 0.235. The van der Waals surface area contributed by atoms with Crippen molar-refractivity contribution >= 4 is 17.7 Å². The second kappa shape index (κ2) is 7.12. The van der Waals surface area contributed by atoms with Gasteiger partial charge in [-0.25, -0.2) is 0 Å². The molecule has 30 heavy (non-hydrogen) atoms. The van der Waals surface area contributed by atoms with Crippen LogP contribution in [0.2, 0.25) is 0 Å². The van der Waals surface area contributed by atoms with Crippen LogP contribution >= 0.6 is 0 Å². The number of ether oxygens (including phenoxy) is 2. The highest BCUT2D eigenvalue weighted by Gasteiger charge is 2.67. The molecule has 0 aromatic heterocycles. The number of hydrogen-bond acceptors (Lipinski definition) is 5. The molecular weight excluding hydrogens is 386 g/mol. The summed E-state index contributed by atoms with van der Waals surface area (Å²) in [6.07, 6.45) is 3.79. The van der Waals surface area contributed by atoms with Crippen molar-refractivity contribution in [1.29, 1.82) is 0 Å². The molecule has 1 aromatic carbocycles. The van der Waals surface area contributed by atoms with E-state index < -0.39 is 17.4 Å². The maximum Gasteiger partial charge on any atom is 0.230 e. The maximum absolute atomic E-state index is 13.4. The number of fused-ring (bicyclic) bond motifs is 1. The molecule has 0 radical (unpaired) electrons. The van der Waals surface area contributed by atoms with E-state index in [9.17, 15) is 14.4 Å². The lowest BCUT2D eigenvalue weighted by atomic mass is 9.76.